The molecule has 1 unspecified atom stereocenters. The summed E-state index contributed by atoms with van der Waals surface area (Å²) in [7, 11) is 1.60. The normalized spacial score (nSPS) is 12.1. The highest BCUT2D eigenvalue weighted by Gasteiger charge is 2.16. The van der Waals surface area contributed by atoms with Gasteiger partial charge in [0.25, 0.3) is 5.91 Å². The number of nitrogens with zero attached hydrogens (tertiary/aromatic N) is 1. The van der Waals surface area contributed by atoms with Crippen LogP contribution in [-0.4, -0.2) is 53.0 Å². The predicted octanol–water partition coefficient (Wildman–Crippen LogP) is 0.737. The highest BCUT2D eigenvalue weighted by atomic mass is 16.3. The molecule has 21 heavy (non-hydrogen) atoms. The summed E-state index contributed by atoms with van der Waals surface area (Å²) in [6.07, 6.45) is 0. The maximum atomic E-state index is 12.0. The van der Waals surface area contributed by atoms with Crippen LogP contribution in [0.5, 0.6) is 0 Å². The first-order valence-corrected chi connectivity index (χ1v) is 6.75. The molecule has 0 aliphatic heterocycles. The second kappa shape index (κ2) is 6.41. The van der Waals surface area contributed by atoms with Gasteiger partial charge >= 0.3 is 0 Å². The molecule has 0 radical (unpaired) electrons. The van der Waals surface area contributed by atoms with Gasteiger partial charge in [-0.2, -0.15) is 0 Å². The molecule has 0 spiro atoms. The number of rotatable bonds is 5. The van der Waals surface area contributed by atoms with Crippen molar-refractivity contribution >= 4 is 22.7 Å². The number of benzene rings is 1. The van der Waals surface area contributed by atoms with Crippen molar-refractivity contribution in [3.63, 3.8) is 0 Å². The number of aliphatic hydroxyl groups excluding tert-OH is 1. The molecule has 1 heterocycles. The van der Waals surface area contributed by atoms with Crippen molar-refractivity contribution in [1.82, 2.24) is 15.2 Å². The standard InChI is InChI=1S/C15H19N3O3/c1-10(9-19)18(2)14(20)8-16-15(21)13-7-11-5-3-4-6-12(11)17-13/h3-7,10,17,19H,8-9H2,1-2H3,(H,16,21). The number of nitrogens with one attached hydrogen (secondary N) is 2. The smallest absolute Gasteiger partial charge is 0.268 e. The molecule has 1 atom stereocenters. The Morgan fingerprint density at radius 2 is 2.10 bits per heavy atom. The Morgan fingerprint density at radius 1 is 1.38 bits per heavy atom. The number of aliphatic hydroxyl groups is 1. The molecular formula is C15H19N3O3. The molecule has 6 heteroatoms. The molecule has 0 aliphatic rings. The van der Waals surface area contributed by atoms with Crippen LogP contribution in [0.1, 0.15) is 17.4 Å². The van der Waals surface area contributed by atoms with Gasteiger partial charge in [0.05, 0.1) is 19.2 Å². The van der Waals surface area contributed by atoms with Gasteiger partial charge in [0.2, 0.25) is 5.91 Å². The van der Waals surface area contributed by atoms with Gasteiger partial charge in [0, 0.05) is 18.0 Å². The van der Waals surface area contributed by atoms with Crippen LogP contribution in [0.4, 0.5) is 0 Å². The van der Waals surface area contributed by atoms with Gasteiger partial charge in [0.15, 0.2) is 0 Å². The van der Waals surface area contributed by atoms with E-state index in [2.05, 4.69) is 10.3 Å². The van der Waals surface area contributed by atoms with Gasteiger partial charge in [-0.1, -0.05) is 18.2 Å². The summed E-state index contributed by atoms with van der Waals surface area (Å²) < 4.78 is 0. The average Bonchev–Trinajstić information content (AvgIpc) is 2.94. The van der Waals surface area contributed by atoms with Crippen LogP contribution in [-0.2, 0) is 4.79 Å². The highest BCUT2D eigenvalue weighted by Crippen LogP contribution is 2.14. The van der Waals surface area contributed by atoms with Crippen LogP contribution >= 0.6 is 0 Å². The summed E-state index contributed by atoms with van der Waals surface area (Å²) in [5, 5.41) is 12.5. The van der Waals surface area contributed by atoms with Crippen molar-refractivity contribution < 1.29 is 14.7 Å². The van der Waals surface area contributed by atoms with E-state index in [0.717, 1.165) is 10.9 Å². The van der Waals surface area contributed by atoms with Crippen LogP contribution in [0.2, 0.25) is 0 Å². The summed E-state index contributed by atoms with van der Waals surface area (Å²) in [5.41, 5.74) is 1.29. The number of hydrogen-bond donors (Lipinski definition) is 3. The van der Waals surface area contributed by atoms with Crippen molar-refractivity contribution in [3.8, 4) is 0 Å². The zero-order valence-electron chi connectivity index (χ0n) is 12.1. The van der Waals surface area contributed by atoms with Gasteiger partial charge < -0.3 is 20.3 Å². The fourth-order valence-corrected chi connectivity index (χ4v) is 1.94. The lowest BCUT2D eigenvalue weighted by Gasteiger charge is -2.23. The maximum Gasteiger partial charge on any atom is 0.268 e. The van der Waals surface area contributed by atoms with E-state index < -0.39 is 0 Å². The first-order valence-electron chi connectivity index (χ1n) is 6.75. The van der Waals surface area contributed by atoms with Gasteiger partial charge in [-0.15, -0.1) is 0 Å². The number of amides is 2. The number of fused-ring (bicyclic) bond motifs is 1. The van der Waals surface area contributed by atoms with E-state index in [4.69, 9.17) is 5.11 Å². The Hall–Kier alpha value is -2.34. The van der Waals surface area contributed by atoms with Crippen molar-refractivity contribution in [3.05, 3.63) is 36.0 Å². The Labute approximate surface area is 122 Å². The molecule has 2 aromatic rings. The van der Waals surface area contributed by atoms with Gasteiger partial charge in [0.1, 0.15) is 5.69 Å². The molecule has 0 saturated heterocycles. The van der Waals surface area contributed by atoms with E-state index in [-0.39, 0.29) is 31.0 Å². The molecule has 2 amide bonds. The molecule has 0 saturated carbocycles. The third-order valence-electron chi connectivity index (χ3n) is 3.49. The number of carbonyl (C=O) groups excluding carboxylic acids is 2. The van der Waals surface area contributed by atoms with E-state index in [1.165, 1.54) is 4.90 Å². The number of likely N-dealkylation sites (N-methyl/N-ethyl adjacent to an activating group) is 1. The monoisotopic (exact) mass is 289 g/mol. The largest absolute Gasteiger partial charge is 0.394 e. The molecule has 6 nitrogen and oxygen atoms in total. The Bertz CT molecular complexity index is 617. The molecule has 0 fully saturated rings. The lowest BCUT2D eigenvalue weighted by atomic mass is 10.2. The summed E-state index contributed by atoms with van der Waals surface area (Å²) >= 11 is 0. The van der Waals surface area contributed by atoms with Crippen LogP contribution in [0, 0.1) is 0 Å². The Morgan fingerprint density at radius 3 is 2.76 bits per heavy atom. The van der Waals surface area contributed by atoms with Crippen LogP contribution in [0.3, 0.4) is 0 Å². The lowest BCUT2D eigenvalue weighted by Crippen LogP contribution is -2.43. The van der Waals surface area contributed by atoms with Crippen molar-refractivity contribution in [2.45, 2.75) is 13.0 Å². The number of carbonyl (C=O) groups is 2. The summed E-state index contributed by atoms with van der Waals surface area (Å²) in [4.78, 5) is 28.3. The minimum absolute atomic E-state index is 0.102. The first-order chi connectivity index (χ1) is 10.0. The third-order valence-corrected chi connectivity index (χ3v) is 3.49. The van der Waals surface area contributed by atoms with Crippen LogP contribution < -0.4 is 5.32 Å². The number of H-pyrrole nitrogens is 1. The molecule has 112 valence electrons. The summed E-state index contributed by atoms with van der Waals surface area (Å²) in [6.45, 7) is 1.52. The van der Waals surface area contributed by atoms with Gasteiger partial charge in [-0.05, 0) is 19.1 Å². The second-order valence-electron chi connectivity index (χ2n) is 4.99. The highest BCUT2D eigenvalue weighted by molar-refractivity contribution is 5.99. The molecule has 3 N–H and O–H groups in total. The minimum atomic E-state index is -0.329. The lowest BCUT2D eigenvalue weighted by molar-refractivity contribution is -0.131. The topological polar surface area (TPSA) is 85.4 Å². The van der Waals surface area contributed by atoms with Crippen molar-refractivity contribution in [2.24, 2.45) is 0 Å². The fourth-order valence-electron chi connectivity index (χ4n) is 1.94. The zero-order chi connectivity index (χ0) is 15.4. The van der Waals surface area contributed by atoms with E-state index in [9.17, 15) is 9.59 Å². The van der Waals surface area contributed by atoms with Gasteiger partial charge in [-0.3, -0.25) is 9.59 Å². The zero-order valence-corrected chi connectivity index (χ0v) is 12.1. The number of aromatic amines is 1. The number of aromatic nitrogens is 1. The van der Waals surface area contributed by atoms with Crippen LogP contribution in [0.25, 0.3) is 10.9 Å². The van der Waals surface area contributed by atoms with Crippen molar-refractivity contribution in [1.29, 1.82) is 0 Å². The molecule has 0 aliphatic carbocycles. The SMILES string of the molecule is CC(CO)N(C)C(=O)CNC(=O)c1cc2ccccc2[nH]1. The van der Waals surface area contributed by atoms with Crippen LogP contribution in [0.15, 0.2) is 30.3 Å². The van der Waals surface area contributed by atoms with Gasteiger partial charge in [-0.25, -0.2) is 0 Å². The molecule has 0 bridgehead atoms. The molecule has 1 aromatic carbocycles. The van der Waals surface area contributed by atoms with E-state index >= 15 is 0 Å². The molecule has 2 rings (SSSR count). The second-order valence-corrected chi connectivity index (χ2v) is 4.99. The predicted molar refractivity (Wildman–Crippen MR) is 79.9 cm³/mol. The van der Waals surface area contributed by atoms with E-state index in [0.29, 0.717) is 5.69 Å². The molecular weight excluding hydrogens is 270 g/mol. The Balaban J connectivity index is 1.97. The minimum Gasteiger partial charge on any atom is -0.394 e. The van der Waals surface area contributed by atoms with E-state index in [1.54, 1.807) is 20.0 Å². The summed E-state index contributed by atoms with van der Waals surface area (Å²) in [6, 6.07) is 9.04. The quantitative estimate of drug-likeness (QED) is 0.759. The average molecular weight is 289 g/mol. The van der Waals surface area contributed by atoms with Crippen molar-refractivity contribution in [2.75, 3.05) is 20.2 Å². The fraction of sp³-hybridized carbons (Fsp3) is 0.333. The summed E-state index contributed by atoms with van der Waals surface area (Å²) in [5.74, 6) is -0.578. The Kier molecular flexibility index (Phi) is 4.59. The first kappa shape index (κ1) is 15.1. The number of para-hydroxylation sites is 1. The maximum absolute atomic E-state index is 12.0. The van der Waals surface area contributed by atoms with E-state index in [1.807, 2.05) is 24.3 Å². The third kappa shape index (κ3) is 3.41. The molecule has 1 aromatic heterocycles. The number of hydrogen-bond acceptors (Lipinski definition) is 3.